The molecular formula is C10H21ClN2OS. The van der Waals surface area contributed by atoms with Crippen molar-refractivity contribution in [2.45, 2.75) is 25.8 Å². The van der Waals surface area contributed by atoms with E-state index in [-0.39, 0.29) is 18.3 Å². The van der Waals surface area contributed by atoms with Crippen LogP contribution in [0.15, 0.2) is 0 Å². The van der Waals surface area contributed by atoms with E-state index in [4.69, 9.17) is 0 Å². The summed E-state index contributed by atoms with van der Waals surface area (Å²) in [5, 5.41) is 6.44. The summed E-state index contributed by atoms with van der Waals surface area (Å²) in [6, 6.07) is 0.380. The highest BCUT2D eigenvalue weighted by Crippen LogP contribution is 2.10. The normalized spacial score (nSPS) is 25.5. The van der Waals surface area contributed by atoms with E-state index in [9.17, 15) is 4.79 Å². The van der Waals surface area contributed by atoms with E-state index in [2.05, 4.69) is 17.6 Å². The molecule has 2 unspecified atom stereocenters. The lowest BCUT2D eigenvalue weighted by molar-refractivity contribution is -0.121. The minimum Gasteiger partial charge on any atom is -0.353 e. The summed E-state index contributed by atoms with van der Waals surface area (Å²) in [5.74, 6) is 1.69. The summed E-state index contributed by atoms with van der Waals surface area (Å²) in [6.07, 6.45) is 3.74. The molecule has 1 fully saturated rings. The largest absolute Gasteiger partial charge is 0.353 e. The summed E-state index contributed by atoms with van der Waals surface area (Å²) in [5.41, 5.74) is 0. The zero-order valence-corrected chi connectivity index (χ0v) is 11.0. The van der Waals surface area contributed by atoms with Crippen LogP contribution in [0.25, 0.3) is 0 Å². The molecule has 1 heterocycles. The minimum absolute atomic E-state index is 0. The van der Waals surface area contributed by atoms with E-state index < -0.39 is 0 Å². The predicted molar refractivity (Wildman–Crippen MR) is 68.8 cm³/mol. The lowest BCUT2D eigenvalue weighted by atomic mass is 9.95. The topological polar surface area (TPSA) is 41.1 Å². The number of piperidine rings is 1. The fraction of sp³-hybridized carbons (Fsp3) is 0.900. The maximum Gasteiger partial charge on any atom is 0.221 e. The molecule has 1 aliphatic heterocycles. The summed E-state index contributed by atoms with van der Waals surface area (Å²) < 4.78 is 0. The molecule has 0 saturated carbocycles. The number of nitrogens with one attached hydrogen (secondary N) is 2. The number of amides is 1. The minimum atomic E-state index is 0. The molecule has 1 amide bonds. The van der Waals surface area contributed by atoms with Crippen molar-refractivity contribution in [3.05, 3.63) is 0 Å². The first-order valence-electron chi connectivity index (χ1n) is 5.23. The number of hydrogen-bond donors (Lipinski definition) is 2. The summed E-state index contributed by atoms with van der Waals surface area (Å²) in [6.45, 7) is 4.23. The Morgan fingerprint density at radius 3 is 2.93 bits per heavy atom. The first kappa shape index (κ1) is 15.1. The molecule has 3 nitrogen and oxygen atoms in total. The number of thioether (sulfide) groups is 1. The summed E-state index contributed by atoms with van der Waals surface area (Å²) in [7, 11) is 0. The van der Waals surface area contributed by atoms with Gasteiger partial charge in [-0.1, -0.05) is 6.92 Å². The lowest BCUT2D eigenvalue weighted by Gasteiger charge is -2.30. The van der Waals surface area contributed by atoms with Gasteiger partial charge in [0.15, 0.2) is 0 Å². The molecule has 90 valence electrons. The van der Waals surface area contributed by atoms with Gasteiger partial charge in [-0.2, -0.15) is 11.8 Å². The second kappa shape index (κ2) is 8.25. The van der Waals surface area contributed by atoms with Crippen molar-refractivity contribution in [3.8, 4) is 0 Å². The third-order valence-corrected chi connectivity index (χ3v) is 3.28. The molecule has 0 bridgehead atoms. The van der Waals surface area contributed by atoms with Crippen LogP contribution in [0.3, 0.4) is 0 Å². The van der Waals surface area contributed by atoms with Crippen molar-refractivity contribution in [2.24, 2.45) is 5.92 Å². The van der Waals surface area contributed by atoms with Crippen LogP contribution in [0.1, 0.15) is 19.8 Å². The maximum atomic E-state index is 11.5. The molecule has 1 rings (SSSR count). The van der Waals surface area contributed by atoms with Gasteiger partial charge in [-0.15, -0.1) is 12.4 Å². The summed E-state index contributed by atoms with van der Waals surface area (Å²) >= 11 is 1.72. The van der Waals surface area contributed by atoms with Gasteiger partial charge in [0.1, 0.15) is 0 Å². The van der Waals surface area contributed by atoms with E-state index in [1.165, 1.54) is 0 Å². The fourth-order valence-corrected chi connectivity index (χ4v) is 2.09. The van der Waals surface area contributed by atoms with Crippen LogP contribution in [-0.2, 0) is 4.79 Å². The Kier molecular flexibility index (Phi) is 8.29. The van der Waals surface area contributed by atoms with Crippen LogP contribution in [0.4, 0.5) is 0 Å². The number of rotatable bonds is 4. The molecule has 2 N–H and O–H groups in total. The van der Waals surface area contributed by atoms with Crippen LogP contribution in [0.2, 0.25) is 0 Å². The second-order valence-corrected chi connectivity index (χ2v) is 4.87. The standard InChI is InChI=1S/C10H20N2OS.ClH/c1-8-7-11-5-3-9(8)12-10(13)4-6-14-2;/h8-9,11H,3-7H2,1-2H3,(H,12,13);1H. The molecule has 0 spiro atoms. The third kappa shape index (κ3) is 5.64. The molecule has 0 aromatic heterocycles. The molecule has 0 aromatic carbocycles. The second-order valence-electron chi connectivity index (χ2n) is 3.89. The quantitative estimate of drug-likeness (QED) is 0.792. The third-order valence-electron chi connectivity index (χ3n) is 2.66. The highest BCUT2D eigenvalue weighted by atomic mass is 35.5. The van der Waals surface area contributed by atoms with Crippen LogP contribution < -0.4 is 10.6 Å². The van der Waals surface area contributed by atoms with Gasteiger partial charge in [-0.25, -0.2) is 0 Å². The first-order chi connectivity index (χ1) is 6.74. The van der Waals surface area contributed by atoms with E-state index in [1.807, 2.05) is 6.26 Å². The van der Waals surface area contributed by atoms with Crippen LogP contribution in [0.5, 0.6) is 0 Å². The van der Waals surface area contributed by atoms with Gasteiger partial charge in [-0.05, 0) is 31.7 Å². The molecule has 5 heteroatoms. The Balaban J connectivity index is 0.00000196. The van der Waals surface area contributed by atoms with E-state index >= 15 is 0 Å². The fourth-order valence-electron chi connectivity index (χ4n) is 1.70. The van der Waals surface area contributed by atoms with Gasteiger partial charge >= 0.3 is 0 Å². The van der Waals surface area contributed by atoms with Crippen molar-refractivity contribution in [1.29, 1.82) is 0 Å². The highest BCUT2D eigenvalue weighted by molar-refractivity contribution is 7.98. The zero-order chi connectivity index (χ0) is 10.4. The van der Waals surface area contributed by atoms with Crippen molar-refractivity contribution < 1.29 is 4.79 Å². The van der Waals surface area contributed by atoms with E-state index in [1.54, 1.807) is 11.8 Å². The summed E-state index contributed by atoms with van der Waals surface area (Å²) in [4.78, 5) is 11.5. The molecule has 15 heavy (non-hydrogen) atoms. The van der Waals surface area contributed by atoms with Crippen LogP contribution >= 0.6 is 24.2 Å². The number of carbonyl (C=O) groups is 1. The number of carbonyl (C=O) groups excluding carboxylic acids is 1. The van der Waals surface area contributed by atoms with Crippen LogP contribution in [-0.4, -0.2) is 37.0 Å². The van der Waals surface area contributed by atoms with Gasteiger partial charge < -0.3 is 10.6 Å². The zero-order valence-electron chi connectivity index (χ0n) is 9.41. The Hall–Kier alpha value is 0.0700. The van der Waals surface area contributed by atoms with Gasteiger partial charge in [0, 0.05) is 18.2 Å². The smallest absolute Gasteiger partial charge is 0.221 e. The first-order valence-corrected chi connectivity index (χ1v) is 6.62. The molecule has 1 aliphatic rings. The van der Waals surface area contributed by atoms with E-state index in [0.29, 0.717) is 18.4 Å². The van der Waals surface area contributed by atoms with Crippen molar-refractivity contribution >= 4 is 30.1 Å². The average molecular weight is 253 g/mol. The monoisotopic (exact) mass is 252 g/mol. The molecule has 1 saturated heterocycles. The Bertz CT molecular complexity index is 192. The molecule has 0 aromatic rings. The number of hydrogen-bond acceptors (Lipinski definition) is 3. The molecule has 0 aliphatic carbocycles. The molecular weight excluding hydrogens is 232 g/mol. The van der Waals surface area contributed by atoms with Gasteiger partial charge in [0.2, 0.25) is 5.91 Å². The van der Waals surface area contributed by atoms with Gasteiger partial charge in [0.25, 0.3) is 0 Å². The Morgan fingerprint density at radius 1 is 1.60 bits per heavy atom. The van der Waals surface area contributed by atoms with E-state index in [0.717, 1.165) is 25.3 Å². The van der Waals surface area contributed by atoms with Gasteiger partial charge in [-0.3, -0.25) is 4.79 Å². The van der Waals surface area contributed by atoms with Crippen LogP contribution in [0, 0.1) is 5.92 Å². The highest BCUT2D eigenvalue weighted by Gasteiger charge is 2.21. The van der Waals surface area contributed by atoms with Gasteiger partial charge in [0.05, 0.1) is 0 Å². The Labute approximate surface area is 103 Å². The number of halogens is 1. The predicted octanol–water partition coefficient (Wildman–Crippen LogP) is 1.28. The SMILES string of the molecule is CSCCC(=O)NC1CCNCC1C.Cl. The van der Waals surface area contributed by atoms with Crippen molar-refractivity contribution in [3.63, 3.8) is 0 Å². The lowest BCUT2D eigenvalue weighted by Crippen LogP contribution is -2.48. The molecule has 0 radical (unpaired) electrons. The average Bonchev–Trinajstić information content (AvgIpc) is 2.18. The molecule has 2 atom stereocenters. The van der Waals surface area contributed by atoms with Crippen molar-refractivity contribution in [1.82, 2.24) is 10.6 Å². The maximum absolute atomic E-state index is 11.5. The van der Waals surface area contributed by atoms with Crippen molar-refractivity contribution in [2.75, 3.05) is 25.1 Å². The Morgan fingerprint density at radius 2 is 2.33 bits per heavy atom.